The van der Waals surface area contributed by atoms with Crippen LogP contribution in [0.25, 0.3) is 0 Å². The molecule has 1 fully saturated rings. The zero-order valence-corrected chi connectivity index (χ0v) is 8.24. The van der Waals surface area contributed by atoms with Crippen molar-refractivity contribution in [2.45, 2.75) is 31.0 Å². The highest BCUT2D eigenvalue weighted by Gasteiger charge is 2.30. The second-order valence-electron chi connectivity index (χ2n) is 3.05. The van der Waals surface area contributed by atoms with Gasteiger partial charge in [-0.1, -0.05) is 36.7 Å². The van der Waals surface area contributed by atoms with Gasteiger partial charge in [-0.2, -0.15) is 0 Å². The van der Waals surface area contributed by atoms with E-state index in [0.717, 1.165) is 12.1 Å². The maximum atomic E-state index is 11.9. The third-order valence-electron chi connectivity index (χ3n) is 2.03. The first-order chi connectivity index (χ1) is 11.5. The van der Waals surface area contributed by atoms with Crippen molar-refractivity contribution >= 4 is 5.97 Å². The van der Waals surface area contributed by atoms with Gasteiger partial charge in [0.1, 0.15) is 0 Å². The molecule has 3 nitrogen and oxygen atoms in total. The van der Waals surface area contributed by atoms with Crippen molar-refractivity contribution < 1.29 is 23.6 Å². The normalized spacial score (nSPS) is 51.0. The lowest BCUT2D eigenvalue weighted by atomic mass is 9.86. The summed E-state index contributed by atoms with van der Waals surface area (Å²) in [5.41, 5.74) is -0.382. The molecule has 1 aliphatic rings. The van der Waals surface area contributed by atoms with Crippen LogP contribution in [0.4, 0.5) is 0 Å². The molecule has 0 spiro atoms. The van der Waals surface area contributed by atoms with Crippen LogP contribution >= 0.6 is 0 Å². The van der Waals surface area contributed by atoms with Crippen LogP contribution in [0.5, 0.6) is 0 Å². The molecule has 16 heavy (non-hydrogen) atoms. The minimum absolute atomic E-state index is 0.382. The van der Waals surface area contributed by atoms with Crippen molar-refractivity contribution in [1.82, 2.24) is 5.32 Å². The standard InChI is InChI=1S/C13H17NO2/c15-13(16)12(10-6-2-1-3-7-10)11-8-4-5-9-14-11/h1-3,6-7,11-12,14H,4-5,8-9H2,(H,15,16)/i4D2,5D2,8D2,9D2,11D,12D. The van der Waals surface area contributed by atoms with E-state index in [9.17, 15) is 9.90 Å². The van der Waals surface area contributed by atoms with E-state index in [4.69, 9.17) is 13.7 Å². The molecule has 2 N–H and O–H groups in total. The van der Waals surface area contributed by atoms with Crippen molar-refractivity contribution in [3.8, 4) is 0 Å². The lowest BCUT2D eigenvalue weighted by Gasteiger charge is -2.29. The number of hydrogen-bond donors (Lipinski definition) is 2. The Morgan fingerprint density at radius 1 is 1.56 bits per heavy atom. The molecule has 1 heterocycles. The van der Waals surface area contributed by atoms with Crippen molar-refractivity contribution in [1.29, 1.82) is 0 Å². The number of carboxylic acids is 1. The quantitative estimate of drug-likeness (QED) is 0.833. The molecule has 1 saturated heterocycles. The molecule has 0 saturated carbocycles. The smallest absolute Gasteiger partial charge is 0.312 e. The average molecular weight is 229 g/mol. The highest BCUT2D eigenvalue weighted by molar-refractivity contribution is 5.77. The third kappa shape index (κ3) is 2.42. The molecule has 1 aromatic carbocycles. The largest absolute Gasteiger partial charge is 0.481 e. The number of rotatable bonds is 3. The van der Waals surface area contributed by atoms with Gasteiger partial charge in [-0.15, -0.1) is 0 Å². The number of carbonyl (C=O) groups is 1. The van der Waals surface area contributed by atoms with Crippen LogP contribution in [0.3, 0.4) is 0 Å². The maximum absolute atomic E-state index is 11.9. The number of piperidine rings is 1. The van der Waals surface area contributed by atoms with Crippen molar-refractivity contribution in [3.05, 3.63) is 35.9 Å². The van der Waals surface area contributed by atoms with E-state index in [1.165, 1.54) is 18.2 Å². The molecule has 1 aromatic rings. The van der Waals surface area contributed by atoms with Gasteiger partial charge in [0, 0.05) is 19.7 Å². The maximum Gasteiger partial charge on any atom is 0.312 e. The molecule has 3 heteroatoms. The predicted molar refractivity (Wildman–Crippen MR) is 62.5 cm³/mol. The van der Waals surface area contributed by atoms with Crippen LogP contribution in [0.15, 0.2) is 30.3 Å². The number of hydrogen-bond acceptors (Lipinski definition) is 2. The Bertz CT molecular complexity index is 725. The van der Waals surface area contributed by atoms with Gasteiger partial charge in [0.25, 0.3) is 0 Å². The van der Waals surface area contributed by atoms with E-state index in [0.29, 0.717) is 0 Å². The van der Waals surface area contributed by atoms with Crippen LogP contribution in [0.2, 0.25) is 0 Å². The summed E-state index contributed by atoms with van der Waals surface area (Å²) in [6, 6.07) is 3.01. The van der Waals surface area contributed by atoms with E-state index in [1.54, 1.807) is 5.32 Å². The molecule has 1 aliphatic heterocycles. The molecular weight excluding hydrogens is 202 g/mol. The second-order valence-corrected chi connectivity index (χ2v) is 3.05. The Morgan fingerprint density at radius 3 is 3.00 bits per heavy atom. The molecule has 2 unspecified atom stereocenters. The van der Waals surface area contributed by atoms with Gasteiger partial charge in [-0.25, -0.2) is 0 Å². The summed E-state index contributed by atoms with van der Waals surface area (Å²) < 4.78 is 79.7. The van der Waals surface area contributed by atoms with Crippen LogP contribution in [-0.2, 0) is 4.79 Å². The molecule has 0 amide bonds. The van der Waals surface area contributed by atoms with E-state index in [-0.39, 0.29) is 5.56 Å². The summed E-state index contributed by atoms with van der Waals surface area (Å²) in [7, 11) is 0. The third-order valence-corrected chi connectivity index (χ3v) is 2.03. The molecule has 2 rings (SSSR count). The van der Waals surface area contributed by atoms with Gasteiger partial charge in [-0.3, -0.25) is 4.79 Å². The first-order valence-corrected chi connectivity index (χ1v) is 4.59. The average Bonchev–Trinajstić information content (AvgIpc) is 2.52. The van der Waals surface area contributed by atoms with Crippen molar-refractivity contribution in [2.75, 3.05) is 6.50 Å². The molecule has 86 valence electrons. The first kappa shape index (κ1) is 4.15. The molecule has 2 atom stereocenters. The lowest BCUT2D eigenvalue weighted by Crippen LogP contribution is -2.41. The van der Waals surface area contributed by atoms with Gasteiger partial charge in [-0.05, 0) is 24.8 Å². The van der Waals surface area contributed by atoms with Gasteiger partial charge >= 0.3 is 5.97 Å². The second kappa shape index (κ2) is 5.12. The minimum Gasteiger partial charge on any atom is -0.481 e. The fourth-order valence-electron chi connectivity index (χ4n) is 1.35. The van der Waals surface area contributed by atoms with Gasteiger partial charge in [0.2, 0.25) is 0 Å². The fourth-order valence-corrected chi connectivity index (χ4v) is 1.35. The number of nitrogens with one attached hydrogen (secondary N) is 1. The molecule has 0 radical (unpaired) electrons. The van der Waals surface area contributed by atoms with Gasteiger partial charge in [0.15, 0.2) is 0 Å². The van der Waals surface area contributed by atoms with Gasteiger partial charge in [0.05, 0.1) is 5.89 Å². The summed E-state index contributed by atoms with van der Waals surface area (Å²) in [6.07, 6.45) is -10.7. The number of benzene rings is 1. The summed E-state index contributed by atoms with van der Waals surface area (Å²) >= 11 is 0. The SMILES string of the molecule is [2H]C1([2H])NC([2H])(C([2H])(C(=O)O)c2ccccc2)C([2H])([2H])C([2H])([2H])C1([2H])[2H]. The van der Waals surface area contributed by atoms with Crippen LogP contribution < -0.4 is 5.32 Å². The zero-order chi connectivity index (χ0) is 20.4. The first-order valence-electron chi connectivity index (χ1n) is 9.59. The Labute approximate surface area is 110 Å². The fraction of sp³-hybridized carbons (Fsp3) is 0.462. The number of aliphatic carboxylic acids is 1. The zero-order valence-electron chi connectivity index (χ0n) is 18.2. The molecular formula is C13H17NO2. The Hall–Kier alpha value is -1.35. The molecule has 0 aliphatic carbocycles. The lowest BCUT2D eigenvalue weighted by molar-refractivity contribution is -0.139. The summed E-state index contributed by atoms with van der Waals surface area (Å²) in [6.45, 7) is -3.33. The van der Waals surface area contributed by atoms with E-state index >= 15 is 0 Å². The Balaban J connectivity index is 2.86. The van der Waals surface area contributed by atoms with Crippen LogP contribution in [0, 0.1) is 0 Å². The van der Waals surface area contributed by atoms with Crippen molar-refractivity contribution in [2.24, 2.45) is 0 Å². The molecule has 0 aromatic heterocycles. The van der Waals surface area contributed by atoms with Crippen LogP contribution in [-0.4, -0.2) is 23.6 Å². The number of carboxylic acid groups (broad SMARTS) is 1. The van der Waals surface area contributed by atoms with Gasteiger partial charge < -0.3 is 10.4 Å². The Morgan fingerprint density at radius 2 is 2.31 bits per heavy atom. The minimum atomic E-state index is -3.63. The topological polar surface area (TPSA) is 49.3 Å². The van der Waals surface area contributed by atoms with Crippen molar-refractivity contribution in [3.63, 3.8) is 0 Å². The highest BCUT2D eigenvalue weighted by Crippen LogP contribution is 2.25. The summed E-state index contributed by atoms with van der Waals surface area (Å²) in [5.74, 6) is -5.20. The highest BCUT2D eigenvalue weighted by atomic mass is 16.4. The Kier molecular flexibility index (Phi) is 1.33. The summed E-state index contributed by atoms with van der Waals surface area (Å²) in [4.78, 5) is 11.9. The van der Waals surface area contributed by atoms with E-state index in [1.807, 2.05) is 0 Å². The van der Waals surface area contributed by atoms with E-state index in [2.05, 4.69) is 0 Å². The summed E-state index contributed by atoms with van der Waals surface area (Å²) in [5, 5.41) is 11.3. The molecule has 0 bridgehead atoms. The monoisotopic (exact) mass is 229 g/mol. The van der Waals surface area contributed by atoms with Crippen LogP contribution in [0.1, 0.15) is 44.3 Å². The van der Waals surface area contributed by atoms with E-state index < -0.39 is 43.5 Å². The predicted octanol–water partition coefficient (Wildman–Crippen LogP) is 2.00.